The van der Waals surface area contributed by atoms with E-state index in [1.165, 1.54) is 12.1 Å². The van der Waals surface area contributed by atoms with Crippen LogP contribution in [0.3, 0.4) is 0 Å². The number of aliphatic hydroxyl groups excluding tert-OH is 1. The molecular weight excluding hydrogens is 369 g/mol. The van der Waals surface area contributed by atoms with Crippen molar-refractivity contribution in [1.29, 1.82) is 0 Å². The van der Waals surface area contributed by atoms with Crippen LogP contribution in [0.1, 0.15) is 22.8 Å². The third kappa shape index (κ3) is 4.21. The molecule has 0 aliphatic heterocycles. The van der Waals surface area contributed by atoms with Gasteiger partial charge in [0.15, 0.2) is 0 Å². The first-order valence-corrected chi connectivity index (χ1v) is 9.35. The molecule has 0 spiro atoms. The summed E-state index contributed by atoms with van der Waals surface area (Å²) < 4.78 is 28.2. The maximum absolute atomic E-state index is 13.8. The topological polar surface area (TPSA) is 86.6 Å². The van der Waals surface area contributed by atoms with Gasteiger partial charge in [-0.3, -0.25) is 4.79 Å². The van der Waals surface area contributed by atoms with E-state index in [0.29, 0.717) is 32.4 Å². The van der Waals surface area contributed by atoms with E-state index in [1.807, 2.05) is 0 Å². The van der Waals surface area contributed by atoms with E-state index in [4.69, 9.17) is 5.11 Å². The van der Waals surface area contributed by atoms with Crippen LogP contribution in [-0.4, -0.2) is 27.4 Å². The van der Waals surface area contributed by atoms with E-state index >= 15 is 0 Å². The number of carboxylic acids is 1. The summed E-state index contributed by atoms with van der Waals surface area (Å²) in [5.74, 6) is -1.43. The van der Waals surface area contributed by atoms with Crippen molar-refractivity contribution in [3.63, 3.8) is 0 Å². The molecule has 0 aromatic heterocycles. The lowest BCUT2D eigenvalue weighted by atomic mass is 9.93. The van der Waals surface area contributed by atoms with Crippen LogP contribution in [0, 0.1) is 5.82 Å². The fourth-order valence-electron chi connectivity index (χ4n) is 3.00. The number of rotatable bonds is 6. The van der Waals surface area contributed by atoms with Crippen molar-refractivity contribution in [3.8, 4) is 0 Å². The zero-order chi connectivity index (χ0) is 19.6. The Kier molecular flexibility index (Phi) is 5.65. The minimum Gasteiger partial charge on any atom is -0.481 e. The minimum absolute atomic E-state index is 0.201. The second-order valence-corrected chi connectivity index (χ2v) is 7.48. The average molecular weight is 387 g/mol. The van der Waals surface area contributed by atoms with Gasteiger partial charge in [-0.25, -0.2) is 13.3 Å². The van der Waals surface area contributed by atoms with Gasteiger partial charge in [-0.2, -0.15) is 0 Å². The molecule has 0 saturated carbocycles. The molecule has 0 radical (unpaired) electrons. The zero-order valence-corrected chi connectivity index (χ0v) is 15.3. The quantitative estimate of drug-likeness (QED) is 0.607. The molecule has 3 aromatic carbocycles. The van der Waals surface area contributed by atoms with Crippen LogP contribution in [0.2, 0.25) is 0 Å². The maximum Gasteiger partial charge on any atom is 0.307 e. The van der Waals surface area contributed by atoms with Crippen LogP contribution < -0.4 is 4.72 Å². The number of benzene rings is 3. The summed E-state index contributed by atoms with van der Waals surface area (Å²) in [5.41, 5.74) is 1.47. The second kappa shape index (κ2) is 7.96. The summed E-state index contributed by atoms with van der Waals surface area (Å²) in [6.45, 7) is 0. The molecule has 140 valence electrons. The van der Waals surface area contributed by atoms with Crippen molar-refractivity contribution in [2.45, 2.75) is 17.4 Å². The molecule has 3 rings (SSSR count). The summed E-state index contributed by atoms with van der Waals surface area (Å²) in [6, 6.07) is 14.0. The number of carboxylic acid groups (broad SMARTS) is 1. The lowest BCUT2D eigenvalue weighted by Gasteiger charge is -2.16. The van der Waals surface area contributed by atoms with Gasteiger partial charge in [0.05, 0.1) is 11.3 Å². The van der Waals surface area contributed by atoms with E-state index in [-0.39, 0.29) is 6.42 Å². The van der Waals surface area contributed by atoms with E-state index in [2.05, 4.69) is 4.72 Å². The molecular formula is C20H18FNO4S. The Morgan fingerprint density at radius 1 is 1.15 bits per heavy atom. The molecule has 27 heavy (non-hydrogen) atoms. The molecule has 3 N–H and O–H groups in total. The van der Waals surface area contributed by atoms with Crippen molar-refractivity contribution < 1.29 is 23.6 Å². The molecule has 5 nitrogen and oxygen atoms in total. The van der Waals surface area contributed by atoms with Crippen molar-refractivity contribution in [3.05, 3.63) is 77.1 Å². The third-order valence-corrected chi connectivity index (χ3v) is 5.32. The van der Waals surface area contributed by atoms with Gasteiger partial charge in [0.1, 0.15) is 22.9 Å². The fraction of sp³-hybridized carbons (Fsp3) is 0.150. The van der Waals surface area contributed by atoms with Gasteiger partial charge >= 0.3 is 5.97 Å². The van der Waals surface area contributed by atoms with Crippen LogP contribution in [0.5, 0.6) is 0 Å². The van der Waals surface area contributed by atoms with Gasteiger partial charge in [-0.15, -0.1) is 0 Å². The number of nitrogens with one attached hydrogen (secondary N) is 1. The van der Waals surface area contributed by atoms with Crippen molar-refractivity contribution >= 4 is 27.7 Å². The zero-order valence-electron chi connectivity index (χ0n) is 14.5. The largest absolute Gasteiger partial charge is 0.481 e. The minimum atomic E-state index is -1.34. The Morgan fingerprint density at radius 3 is 2.48 bits per heavy atom. The highest BCUT2D eigenvalue weighted by Gasteiger charge is 2.17. The first-order chi connectivity index (χ1) is 12.9. The van der Waals surface area contributed by atoms with Gasteiger partial charge in [-0.1, -0.05) is 30.3 Å². The monoisotopic (exact) mass is 387 g/mol. The van der Waals surface area contributed by atoms with E-state index < -0.39 is 28.9 Å². The van der Waals surface area contributed by atoms with Crippen molar-refractivity contribution in [2.75, 3.05) is 7.05 Å². The normalized spacial score (nSPS) is 13.4. The molecule has 7 heteroatoms. The predicted octanol–water partition coefficient (Wildman–Crippen LogP) is 2.93. The lowest BCUT2D eigenvalue weighted by molar-refractivity contribution is -0.136. The van der Waals surface area contributed by atoms with Crippen LogP contribution in [0.15, 0.2) is 59.5 Å². The number of aliphatic carboxylic acids is 1. The van der Waals surface area contributed by atoms with Gasteiger partial charge in [0.25, 0.3) is 0 Å². The Bertz CT molecular complexity index is 1020. The standard InChI is InChI=1S/C20H18FNO4S/c1-22-27(26)16-6-3-13(4-7-16)20(25)18-9-12(10-19(23)24)8-14-2-5-15(21)11-17(14)18/h2-9,11,20,22,25H,10H2,1H3,(H,23,24). The molecule has 0 aliphatic carbocycles. The average Bonchev–Trinajstić information content (AvgIpc) is 2.66. The molecule has 2 unspecified atom stereocenters. The molecule has 3 aromatic rings. The van der Waals surface area contributed by atoms with Crippen molar-refractivity contribution in [1.82, 2.24) is 4.72 Å². The van der Waals surface area contributed by atoms with Gasteiger partial charge in [0.2, 0.25) is 0 Å². The summed E-state index contributed by atoms with van der Waals surface area (Å²) in [6.07, 6.45) is -1.28. The number of fused-ring (bicyclic) bond motifs is 1. The van der Waals surface area contributed by atoms with E-state index in [0.717, 1.165) is 0 Å². The van der Waals surface area contributed by atoms with Crippen LogP contribution in [0.25, 0.3) is 10.8 Å². The highest BCUT2D eigenvalue weighted by molar-refractivity contribution is 7.83. The van der Waals surface area contributed by atoms with Crippen LogP contribution in [-0.2, 0) is 22.2 Å². The Hall–Kier alpha value is -2.61. The van der Waals surface area contributed by atoms with Crippen molar-refractivity contribution in [2.24, 2.45) is 0 Å². The van der Waals surface area contributed by atoms with Gasteiger partial charge < -0.3 is 10.2 Å². The second-order valence-electron chi connectivity index (χ2n) is 6.07. The number of hydrogen-bond acceptors (Lipinski definition) is 3. The van der Waals surface area contributed by atoms with E-state index in [1.54, 1.807) is 49.5 Å². The van der Waals surface area contributed by atoms with Crippen LogP contribution >= 0.6 is 0 Å². The third-order valence-electron chi connectivity index (χ3n) is 4.25. The Labute approximate surface area is 158 Å². The maximum atomic E-state index is 13.8. The summed E-state index contributed by atoms with van der Waals surface area (Å²) in [5, 5.41) is 21.1. The Balaban J connectivity index is 2.09. The lowest BCUT2D eigenvalue weighted by Crippen LogP contribution is -2.10. The number of halogens is 1. The highest BCUT2D eigenvalue weighted by atomic mass is 32.2. The summed E-state index contributed by atoms with van der Waals surface area (Å²) >= 11 is 0. The molecule has 0 aliphatic rings. The molecule has 0 fully saturated rings. The highest BCUT2D eigenvalue weighted by Crippen LogP contribution is 2.31. The number of hydrogen-bond donors (Lipinski definition) is 3. The summed E-state index contributed by atoms with van der Waals surface area (Å²) in [7, 11) is 0.238. The molecule has 0 bridgehead atoms. The number of aliphatic hydroxyl groups is 1. The molecule has 0 heterocycles. The molecule has 0 saturated heterocycles. The smallest absolute Gasteiger partial charge is 0.307 e. The molecule has 2 atom stereocenters. The van der Waals surface area contributed by atoms with E-state index in [9.17, 15) is 18.5 Å². The number of carbonyl (C=O) groups is 1. The van der Waals surface area contributed by atoms with Crippen LogP contribution in [0.4, 0.5) is 4.39 Å². The SMILES string of the molecule is CNS(=O)c1ccc(C(O)c2cc(CC(=O)O)cc3ccc(F)cc23)cc1. The first-order valence-electron chi connectivity index (χ1n) is 8.20. The van der Waals surface area contributed by atoms with Gasteiger partial charge in [-0.05, 0) is 58.8 Å². The first kappa shape index (κ1) is 19.2. The fourth-order valence-corrected chi connectivity index (χ4v) is 3.62. The predicted molar refractivity (Wildman–Crippen MR) is 101 cm³/mol. The molecule has 0 amide bonds. The van der Waals surface area contributed by atoms with Gasteiger partial charge in [0, 0.05) is 0 Å². The summed E-state index contributed by atoms with van der Waals surface area (Å²) in [4.78, 5) is 11.6. The Morgan fingerprint density at radius 2 is 1.85 bits per heavy atom.